The van der Waals surface area contributed by atoms with Crippen LogP contribution in [0, 0.1) is 0 Å². The first kappa shape index (κ1) is 17.3. The first-order chi connectivity index (χ1) is 11.1. The molecule has 1 aromatic carbocycles. The zero-order valence-corrected chi connectivity index (χ0v) is 14.1. The van der Waals surface area contributed by atoms with Gasteiger partial charge in [-0.2, -0.15) is 0 Å². The Labute approximate surface area is 138 Å². The number of piperidine rings is 1. The number of rotatable bonds is 6. The average molecular weight is 318 g/mol. The summed E-state index contributed by atoms with van der Waals surface area (Å²) in [4.78, 5) is 27.7. The first-order valence-corrected chi connectivity index (χ1v) is 8.26. The van der Waals surface area contributed by atoms with Crippen LogP contribution in [0.4, 0.5) is 0 Å². The number of carbonyl (C=O) groups is 2. The maximum atomic E-state index is 12.2. The Morgan fingerprint density at radius 1 is 1.13 bits per heavy atom. The smallest absolute Gasteiger partial charge is 0.224 e. The topological polar surface area (TPSA) is 49.9 Å². The quantitative estimate of drug-likeness (QED) is 0.809. The standard InChI is InChI=1S/C18H26N2O3/c1-15(21)20(14-16-6-8-17(23-2)9-7-16)13-10-18(22)19-11-4-3-5-12-19/h6-9H,3-5,10-14H2,1-2H3. The van der Waals surface area contributed by atoms with Crippen LogP contribution in [0.1, 0.15) is 38.2 Å². The Bertz CT molecular complexity index is 522. The number of benzene rings is 1. The normalized spacial score (nSPS) is 14.4. The molecule has 0 unspecified atom stereocenters. The van der Waals surface area contributed by atoms with Gasteiger partial charge in [0.25, 0.3) is 0 Å². The predicted molar refractivity (Wildman–Crippen MR) is 89.1 cm³/mol. The van der Waals surface area contributed by atoms with Crippen molar-refractivity contribution in [2.24, 2.45) is 0 Å². The van der Waals surface area contributed by atoms with Crippen LogP contribution in [0.2, 0.25) is 0 Å². The van der Waals surface area contributed by atoms with E-state index >= 15 is 0 Å². The number of ether oxygens (including phenoxy) is 1. The third kappa shape index (κ3) is 5.27. The van der Waals surface area contributed by atoms with Gasteiger partial charge < -0.3 is 14.5 Å². The molecule has 1 fully saturated rings. The molecule has 0 aliphatic carbocycles. The summed E-state index contributed by atoms with van der Waals surface area (Å²) in [5.74, 6) is 0.946. The third-order valence-corrected chi connectivity index (χ3v) is 4.28. The summed E-state index contributed by atoms with van der Waals surface area (Å²) in [6.45, 7) is 4.26. The number of likely N-dealkylation sites (tertiary alicyclic amines) is 1. The summed E-state index contributed by atoms with van der Waals surface area (Å²) in [7, 11) is 1.63. The van der Waals surface area contributed by atoms with E-state index in [1.165, 1.54) is 6.42 Å². The lowest BCUT2D eigenvalue weighted by atomic mass is 10.1. The molecule has 0 spiro atoms. The van der Waals surface area contributed by atoms with E-state index in [0.29, 0.717) is 19.5 Å². The lowest BCUT2D eigenvalue weighted by molar-refractivity contribution is -0.134. The Balaban J connectivity index is 1.87. The van der Waals surface area contributed by atoms with Gasteiger partial charge in [-0.05, 0) is 37.0 Å². The third-order valence-electron chi connectivity index (χ3n) is 4.28. The van der Waals surface area contributed by atoms with Crippen molar-refractivity contribution in [3.8, 4) is 5.75 Å². The fraction of sp³-hybridized carbons (Fsp3) is 0.556. The molecule has 1 aromatic rings. The summed E-state index contributed by atoms with van der Waals surface area (Å²) in [6.07, 6.45) is 3.79. The number of methoxy groups -OCH3 is 1. The van der Waals surface area contributed by atoms with Gasteiger partial charge in [0, 0.05) is 39.5 Å². The Hall–Kier alpha value is -2.04. The molecule has 5 nitrogen and oxygen atoms in total. The molecule has 0 aromatic heterocycles. The monoisotopic (exact) mass is 318 g/mol. The highest BCUT2D eigenvalue weighted by Gasteiger charge is 2.18. The molecule has 1 heterocycles. The predicted octanol–water partition coefficient (Wildman–Crippen LogP) is 2.45. The van der Waals surface area contributed by atoms with Gasteiger partial charge >= 0.3 is 0 Å². The Morgan fingerprint density at radius 2 is 1.78 bits per heavy atom. The molecule has 1 aliphatic heterocycles. The highest BCUT2D eigenvalue weighted by Crippen LogP contribution is 2.14. The minimum absolute atomic E-state index is 0.00716. The second-order valence-corrected chi connectivity index (χ2v) is 5.98. The van der Waals surface area contributed by atoms with Crippen molar-refractivity contribution in [3.05, 3.63) is 29.8 Å². The van der Waals surface area contributed by atoms with Crippen molar-refractivity contribution in [1.82, 2.24) is 9.80 Å². The number of amides is 2. The summed E-state index contributed by atoms with van der Waals surface area (Å²) in [5, 5.41) is 0. The van der Waals surface area contributed by atoms with Gasteiger partial charge in [-0.1, -0.05) is 12.1 Å². The van der Waals surface area contributed by atoms with E-state index < -0.39 is 0 Å². The number of hydrogen-bond donors (Lipinski definition) is 0. The van der Waals surface area contributed by atoms with E-state index in [1.54, 1.807) is 18.9 Å². The first-order valence-electron chi connectivity index (χ1n) is 8.26. The summed E-state index contributed by atoms with van der Waals surface area (Å²) in [5.41, 5.74) is 1.03. The molecule has 23 heavy (non-hydrogen) atoms. The largest absolute Gasteiger partial charge is 0.497 e. The number of carbonyl (C=O) groups excluding carboxylic acids is 2. The van der Waals surface area contributed by atoms with Crippen molar-refractivity contribution in [2.45, 2.75) is 39.2 Å². The van der Waals surface area contributed by atoms with Crippen molar-refractivity contribution in [1.29, 1.82) is 0 Å². The van der Waals surface area contributed by atoms with Crippen LogP contribution >= 0.6 is 0 Å². The van der Waals surface area contributed by atoms with Crippen LogP contribution in [-0.4, -0.2) is 48.4 Å². The van der Waals surface area contributed by atoms with Gasteiger partial charge in [0.05, 0.1) is 7.11 Å². The zero-order chi connectivity index (χ0) is 16.7. The lowest BCUT2D eigenvalue weighted by Gasteiger charge is -2.28. The van der Waals surface area contributed by atoms with Crippen molar-refractivity contribution in [3.63, 3.8) is 0 Å². The van der Waals surface area contributed by atoms with E-state index in [-0.39, 0.29) is 11.8 Å². The van der Waals surface area contributed by atoms with Crippen molar-refractivity contribution >= 4 is 11.8 Å². The van der Waals surface area contributed by atoms with Crippen LogP contribution < -0.4 is 4.74 Å². The van der Waals surface area contributed by atoms with Gasteiger partial charge in [0.1, 0.15) is 5.75 Å². The summed E-state index contributed by atoms with van der Waals surface area (Å²) in [6, 6.07) is 7.65. The van der Waals surface area contributed by atoms with E-state index in [4.69, 9.17) is 4.74 Å². The number of hydrogen-bond acceptors (Lipinski definition) is 3. The maximum Gasteiger partial charge on any atom is 0.224 e. The molecule has 0 radical (unpaired) electrons. The van der Waals surface area contributed by atoms with Crippen molar-refractivity contribution < 1.29 is 14.3 Å². The van der Waals surface area contributed by atoms with Crippen LogP contribution in [0.3, 0.4) is 0 Å². The molecule has 0 bridgehead atoms. The molecule has 0 N–H and O–H groups in total. The van der Waals surface area contributed by atoms with Gasteiger partial charge in [0.2, 0.25) is 11.8 Å². The Kier molecular flexibility index (Phi) is 6.44. The maximum absolute atomic E-state index is 12.2. The van der Waals surface area contributed by atoms with Crippen molar-refractivity contribution in [2.75, 3.05) is 26.7 Å². The summed E-state index contributed by atoms with van der Waals surface area (Å²) >= 11 is 0. The fourth-order valence-corrected chi connectivity index (χ4v) is 2.83. The molecular formula is C18H26N2O3. The van der Waals surface area contributed by atoms with Crippen LogP contribution in [0.15, 0.2) is 24.3 Å². The molecule has 0 saturated carbocycles. The van der Waals surface area contributed by atoms with Gasteiger partial charge in [-0.25, -0.2) is 0 Å². The van der Waals surface area contributed by atoms with Crippen LogP contribution in [0.5, 0.6) is 5.75 Å². The molecule has 2 rings (SSSR count). The molecule has 126 valence electrons. The highest BCUT2D eigenvalue weighted by atomic mass is 16.5. The second-order valence-electron chi connectivity index (χ2n) is 5.98. The average Bonchev–Trinajstić information content (AvgIpc) is 2.59. The molecular weight excluding hydrogens is 292 g/mol. The second kappa shape index (κ2) is 8.56. The molecule has 5 heteroatoms. The molecule has 0 atom stereocenters. The van der Waals surface area contributed by atoms with Gasteiger partial charge in [-0.15, -0.1) is 0 Å². The number of nitrogens with zero attached hydrogens (tertiary/aromatic N) is 2. The fourth-order valence-electron chi connectivity index (χ4n) is 2.83. The lowest BCUT2D eigenvalue weighted by Crippen LogP contribution is -2.38. The van der Waals surface area contributed by atoms with E-state index in [9.17, 15) is 9.59 Å². The zero-order valence-electron chi connectivity index (χ0n) is 14.1. The van der Waals surface area contributed by atoms with E-state index in [1.807, 2.05) is 29.2 Å². The molecule has 2 amide bonds. The molecule has 1 saturated heterocycles. The summed E-state index contributed by atoms with van der Waals surface area (Å²) < 4.78 is 5.14. The van der Waals surface area contributed by atoms with E-state index in [2.05, 4.69) is 0 Å². The Morgan fingerprint density at radius 3 is 2.35 bits per heavy atom. The minimum atomic E-state index is -0.00716. The van der Waals surface area contributed by atoms with Gasteiger partial charge in [-0.3, -0.25) is 9.59 Å². The van der Waals surface area contributed by atoms with Gasteiger partial charge in [0.15, 0.2) is 0 Å². The SMILES string of the molecule is COc1ccc(CN(CCC(=O)N2CCCCC2)C(C)=O)cc1. The van der Waals surface area contributed by atoms with Crippen LogP contribution in [0.25, 0.3) is 0 Å². The van der Waals surface area contributed by atoms with Crippen LogP contribution in [-0.2, 0) is 16.1 Å². The molecule has 1 aliphatic rings. The van der Waals surface area contributed by atoms with E-state index in [0.717, 1.165) is 37.2 Å². The highest BCUT2D eigenvalue weighted by molar-refractivity contribution is 5.78. The minimum Gasteiger partial charge on any atom is -0.497 e.